The van der Waals surface area contributed by atoms with Gasteiger partial charge in [0.15, 0.2) is 0 Å². The molecule has 2 saturated heterocycles. The van der Waals surface area contributed by atoms with E-state index in [1.165, 1.54) is 4.90 Å². The van der Waals surface area contributed by atoms with Crippen LogP contribution >= 0.6 is 11.8 Å². The second kappa shape index (κ2) is 7.50. The Balaban J connectivity index is 1.62. The van der Waals surface area contributed by atoms with Gasteiger partial charge in [0.2, 0.25) is 17.7 Å². The summed E-state index contributed by atoms with van der Waals surface area (Å²) in [7, 11) is 0. The van der Waals surface area contributed by atoms with Crippen molar-refractivity contribution in [2.75, 3.05) is 22.2 Å². The number of nitrogens with zero attached hydrogens (tertiary/aromatic N) is 1. The molecule has 3 amide bonds. The monoisotopic (exact) mass is 435 g/mol. The number of carbonyl (C=O) groups excluding carboxylic acids is 3. The Hall–Kier alpha value is -2.64. The maximum Gasteiger partial charge on any atom is 0.250 e. The van der Waals surface area contributed by atoms with Gasteiger partial charge in [-0.3, -0.25) is 19.7 Å². The van der Waals surface area contributed by atoms with Gasteiger partial charge in [-0.1, -0.05) is 37.3 Å². The van der Waals surface area contributed by atoms with Crippen LogP contribution in [-0.2, 0) is 26.3 Å². The first-order valence-electron chi connectivity index (χ1n) is 10.7. The van der Waals surface area contributed by atoms with Gasteiger partial charge in [0.1, 0.15) is 5.54 Å². The van der Waals surface area contributed by atoms with Gasteiger partial charge >= 0.3 is 0 Å². The van der Waals surface area contributed by atoms with Crippen molar-refractivity contribution in [3.63, 3.8) is 0 Å². The molecule has 0 bridgehead atoms. The lowest BCUT2D eigenvalue weighted by Crippen LogP contribution is -2.53. The molecule has 2 aromatic rings. The molecular formula is C24H25N3O3S. The van der Waals surface area contributed by atoms with Gasteiger partial charge in [-0.05, 0) is 48.6 Å². The van der Waals surface area contributed by atoms with Crippen LogP contribution in [0.2, 0.25) is 0 Å². The first-order valence-corrected chi connectivity index (χ1v) is 12.1. The topological polar surface area (TPSA) is 78.5 Å². The number of imide groups is 1. The number of thioether (sulfide) groups is 1. The molecule has 4 atom stereocenters. The van der Waals surface area contributed by atoms with Crippen LogP contribution < -0.4 is 15.5 Å². The van der Waals surface area contributed by atoms with Gasteiger partial charge in [-0.15, -0.1) is 0 Å². The zero-order valence-corrected chi connectivity index (χ0v) is 18.4. The quantitative estimate of drug-likeness (QED) is 0.706. The maximum absolute atomic E-state index is 13.8. The van der Waals surface area contributed by atoms with E-state index in [2.05, 4.69) is 17.6 Å². The van der Waals surface area contributed by atoms with E-state index < -0.39 is 17.4 Å². The predicted octanol–water partition coefficient (Wildman–Crippen LogP) is 2.93. The highest BCUT2D eigenvalue weighted by Gasteiger charge is 2.70. The summed E-state index contributed by atoms with van der Waals surface area (Å²) in [5, 5.41) is 6.40. The molecule has 0 aromatic heterocycles. The van der Waals surface area contributed by atoms with Crippen LogP contribution in [0, 0.1) is 11.8 Å². The van der Waals surface area contributed by atoms with E-state index in [9.17, 15) is 14.4 Å². The van der Waals surface area contributed by atoms with Crippen molar-refractivity contribution in [2.45, 2.75) is 31.3 Å². The minimum Gasteiger partial charge on any atom is -0.324 e. The minimum absolute atomic E-state index is 0.216. The molecule has 2 N–H and O–H groups in total. The van der Waals surface area contributed by atoms with Gasteiger partial charge < -0.3 is 5.32 Å². The molecule has 0 radical (unpaired) electrons. The SMILES string of the molecule is CCc1ccc(N2C(=O)[C@@H]3[C@H](CCSC)N[C@]4(C(=O)Nc5ccccc54)[C@@H]3C2=O)cc1. The Labute approximate surface area is 185 Å². The number of hydrogen-bond acceptors (Lipinski definition) is 5. The maximum atomic E-state index is 13.8. The Morgan fingerprint density at radius 3 is 2.48 bits per heavy atom. The molecule has 0 saturated carbocycles. The van der Waals surface area contributed by atoms with Gasteiger partial charge in [-0.2, -0.15) is 11.8 Å². The van der Waals surface area contributed by atoms with Crippen molar-refractivity contribution in [3.05, 3.63) is 59.7 Å². The Morgan fingerprint density at radius 1 is 1.03 bits per heavy atom. The van der Waals surface area contributed by atoms with E-state index in [4.69, 9.17) is 0 Å². The summed E-state index contributed by atoms with van der Waals surface area (Å²) in [5.74, 6) is -1.26. The fraction of sp³-hybridized carbons (Fsp3) is 0.375. The number of carbonyl (C=O) groups is 3. The normalized spacial score (nSPS) is 28.9. The number of para-hydroxylation sites is 1. The molecule has 7 heteroatoms. The van der Waals surface area contributed by atoms with Crippen LogP contribution in [0.15, 0.2) is 48.5 Å². The average molecular weight is 436 g/mol. The van der Waals surface area contributed by atoms with Crippen LogP contribution in [0.4, 0.5) is 11.4 Å². The summed E-state index contributed by atoms with van der Waals surface area (Å²) in [6.07, 6.45) is 3.61. The standard InChI is InChI=1S/C24H25N3O3S/c1-3-14-8-10-15(11-9-14)27-21(28)19-18(12-13-31-2)26-24(20(19)22(27)29)16-6-4-5-7-17(16)25-23(24)30/h4-11,18-20,26H,3,12-13H2,1-2H3,(H,25,30)/t18-,19+,20-,24-/m0/s1. The number of benzene rings is 2. The van der Waals surface area contributed by atoms with Crippen LogP contribution in [0.1, 0.15) is 24.5 Å². The van der Waals surface area contributed by atoms with Gasteiger partial charge in [0.25, 0.3) is 0 Å². The molecule has 2 fully saturated rings. The van der Waals surface area contributed by atoms with Gasteiger partial charge in [0, 0.05) is 17.3 Å². The summed E-state index contributed by atoms with van der Waals surface area (Å²) in [4.78, 5) is 42.0. The molecular weight excluding hydrogens is 410 g/mol. The summed E-state index contributed by atoms with van der Waals surface area (Å²) < 4.78 is 0. The minimum atomic E-state index is -1.21. The van der Waals surface area contributed by atoms with E-state index in [1.54, 1.807) is 11.8 Å². The predicted molar refractivity (Wildman–Crippen MR) is 122 cm³/mol. The third kappa shape index (κ3) is 2.79. The molecule has 1 spiro atoms. The van der Waals surface area contributed by atoms with E-state index >= 15 is 0 Å². The van der Waals surface area contributed by atoms with Crippen LogP contribution in [0.5, 0.6) is 0 Å². The molecule has 3 heterocycles. The summed E-state index contributed by atoms with van der Waals surface area (Å²) in [5.41, 5.74) is 1.96. The van der Waals surface area contributed by atoms with Crippen molar-refractivity contribution >= 4 is 40.9 Å². The van der Waals surface area contributed by atoms with E-state index in [-0.39, 0.29) is 23.8 Å². The number of fused-ring (bicyclic) bond motifs is 4. The highest BCUT2D eigenvalue weighted by atomic mass is 32.2. The Bertz CT molecular complexity index is 1070. The molecule has 5 rings (SSSR count). The van der Waals surface area contributed by atoms with Gasteiger partial charge in [0.05, 0.1) is 17.5 Å². The first-order chi connectivity index (χ1) is 15.0. The smallest absolute Gasteiger partial charge is 0.250 e. The van der Waals surface area contributed by atoms with Crippen molar-refractivity contribution in [2.24, 2.45) is 11.8 Å². The van der Waals surface area contributed by atoms with E-state index in [0.717, 1.165) is 23.3 Å². The Morgan fingerprint density at radius 2 is 1.77 bits per heavy atom. The largest absolute Gasteiger partial charge is 0.324 e. The highest BCUT2D eigenvalue weighted by Crippen LogP contribution is 2.53. The number of rotatable bonds is 5. The molecule has 3 aliphatic heterocycles. The number of amides is 3. The van der Waals surface area contributed by atoms with E-state index in [0.29, 0.717) is 17.8 Å². The summed E-state index contributed by atoms with van der Waals surface area (Å²) in [6.45, 7) is 2.06. The van der Waals surface area contributed by atoms with Crippen LogP contribution in [-0.4, -0.2) is 35.8 Å². The summed E-state index contributed by atoms with van der Waals surface area (Å²) in [6, 6.07) is 14.8. The molecule has 160 valence electrons. The van der Waals surface area contributed by atoms with Crippen molar-refractivity contribution in [1.29, 1.82) is 0 Å². The van der Waals surface area contributed by atoms with E-state index in [1.807, 2.05) is 54.8 Å². The molecule has 31 heavy (non-hydrogen) atoms. The fourth-order valence-corrected chi connectivity index (χ4v) is 5.88. The molecule has 2 aromatic carbocycles. The number of anilines is 2. The first kappa shape index (κ1) is 20.3. The van der Waals surface area contributed by atoms with Crippen molar-refractivity contribution in [3.8, 4) is 0 Å². The van der Waals surface area contributed by atoms with Crippen LogP contribution in [0.25, 0.3) is 0 Å². The average Bonchev–Trinajstić information content (AvgIpc) is 3.37. The number of aryl methyl sites for hydroxylation is 1. The second-order valence-electron chi connectivity index (χ2n) is 8.38. The third-order valence-electron chi connectivity index (χ3n) is 6.86. The second-order valence-corrected chi connectivity index (χ2v) is 9.36. The zero-order valence-electron chi connectivity index (χ0n) is 17.6. The molecule has 0 unspecified atom stereocenters. The fourth-order valence-electron chi connectivity index (χ4n) is 5.39. The molecule has 6 nitrogen and oxygen atoms in total. The van der Waals surface area contributed by atoms with Crippen LogP contribution in [0.3, 0.4) is 0 Å². The van der Waals surface area contributed by atoms with Crippen molar-refractivity contribution in [1.82, 2.24) is 5.32 Å². The molecule has 3 aliphatic rings. The lowest BCUT2D eigenvalue weighted by molar-refractivity contribution is -0.130. The zero-order chi connectivity index (χ0) is 21.8. The summed E-state index contributed by atoms with van der Waals surface area (Å²) >= 11 is 1.69. The lowest BCUT2D eigenvalue weighted by Gasteiger charge is -2.29. The van der Waals surface area contributed by atoms with Gasteiger partial charge in [-0.25, -0.2) is 4.90 Å². The third-order valence-corrected chi connectivity index (χ3v) is 7.50. The lowest BCUT2D eigenvalue weighted by atomic mass is 9.76. The Kier molecular flexibility index (Phi) is 4.90. The number of nitrogens with one attached hydrogen (secondary N) is 2. The number of hydrogen-bond donors (Lipinski definition) is 2. The van der Waals surface area contributed by atoms with Crippen molar-refractivity contribution < 1.29 is 14.4 Å². The molecule has 0 aliphatic carbocycles. The highest BCUT2D eigenvalue weighted by molar-refractivity contribution is 7.98.